The molecule has 2 rings (SSSR count). The number of aromatic nitrogens is 1. The summed E-state index contributed by atoms with van der Waals surface area (Å²) >= 11 is 0. The second-order valence-electron chi connectivity index (χ2n) is 7.53. The Morgan fingerprint density at radius 3 is 2.48 bits per heavy atom. The van der Waals surface area contributed by atoms with Gasteiger partial charge in [0.1, 0.15) is 11.5 Å². The molecular formula is C22H25F4N3O3S. The molecule has 0 fully saturated rings. The molecule has 0 bridgehead atoms. The number of carbonyl (C=O) groups is 1. The van der Waals surface area contributed by atoms with Crippen LogP contribution in [0.3, 0.4) is 0 Å². The summed E-state index contributed by atoms with van der Waals surface area (Å²) in [5, 5.41) is 2.56. The third kappa shape index (κ3) is 8.16. The standard InChI is InChI=1S/C22H25F4N3O3S/c1-4-5-6-18-16(7-9-19(28-18)22(24,25)26)8-10-20(30)27-13-15-11-14(2)21(17(23)12-15)29-33(3,31)32/h7-12,29H,4-6,13H2,1-3H3,(H,27,30)/b10-8+. The lowest BCUT2D eigenvalue weighted by Crippen LogP contribution is -2.20. The maximum atomic E-state index is 14.3. The molecule has 0 radical (unpaired) electrons. The first kappa shape index (κ1) is 26.3. The summed E-state index contributed by atoms with van der Waals surface area (Å²) in [6, 6.07) is 4.78. The maximum absolute atomic E-state index is 14.3. The van der Waals surface area contributed by atoms with Crippen LogP contribution in [0.4, 0.5) is 23.2 Å². The van der Waals surface area contributed by atoms with Crippen LogP contribution in [0.1, 0.15) is 47.8 Å². The lowest BCUT2D eigenvalue weighted by Gasteiger charge is -2.12. The number of hydrogen-bond donors (Lipinski definition) is 2. The fraction of sp³-hybridized carbons (Fsp3) is 0.364. The smallest absolute Gasteiger partial charge is 0.348 e. The van der Waals surface area contributed by atoms with Crippen LogP contribution in [0.2, 0.25) is 0 Å². The van der Waals surface area contributed by atoms with Gasteiger partial charge in [0.2, 0.25) is 15.9 Å². The number of alkyl halides is 3. The zero-order chi connectivity index (χ0) is 24.8. The summed E-state index contributed by atoms with van der Waals surface area (Å²) in [6.07, 6.45) is 0.675. The predicted molar refractivity (Wildman–Crippen MR) is 118 cm³/mol. The number of sulfonamides is 1. The minimum Gasteiger partial charge on any atom is -0.348 e. The molecule has 33 heavy (non-hydrogen) atoms. The van der Waals surface area contributed by atoms with E-state index < -0.39 is 33.6 Å². The second-order valence-corrected chi connectivity index (χ2v) is 9.28. The molecule has 1 aromatic carbocycles. The lowest BCUT2D eigenvalue weighted by molar-refractivity contribution is -0.141. The maximum Gasteiger partial charge on any atom is 0.433 e. The molecule has 0 unspecified atom stereocenters. The topological polar surface area (TPSA) is 88.2 Å². The van der Waals surface area contributed by atoms with Gasteiger partial charge in [-0.2, -0.15) is 13.2 Å². The number of hydrogen-bond acceptors (Lipinski definition) is 4. The molecule has 0 aliphatic carbocycles. The van der Waals surface area contributed by atoms with Crippen LogP contribution in [0.15, 0.2) is 30.3 Å². The van der Waals surface area contributed by atoms with E-state index in [1.807, 2.05) is 6.92 Å². The van der Waals surface area contributed by atoms with Crippen LogP contribution in [0.25, 0.3) is 6.08 Å². The van der Waals surface area contributed by atoms with Gasteiger partial charge in [0.15, 0.2) is 0 Å². The Labute approximate surface area is 190 Å². The highest BCUT2D eigenvalue weighted by Gasteiger charge is 2.32. The first-order valence-electron chi connectivity index (χ1n) is 10.1. The molecule has 6 nitrogen and oxygen atoms in total. The van der Waals surface area contributed by atoms with Crippen LogP contribution in [0.5, 0.6) is 0 Å². The van der Waals surface area contributed by atoms with E-state index in [0.717, 1.165) is 24.8 Å². The average Bonchev–Trinajstić information content (AvgIpc) is 2.70. The van der Waals surface area contributed by atoms with Crippen LogP contribution in [0, 0.1) is 12.7 Å². The van der Waals surface area contributed by atoms with E-state index >= 15 is 0 Å². The van der Waals surface area contributed by atoms with E-state index in [1.165, 1.54) is 31.2 Å². The number of nitrogens with one attached hydrogen (secondary N) is 2. The van der Waals surface area contributed by atoms with Crippen molar-refractivity contribution in [3.63, 3.8) is 0 Å². The van der Waals surface area contributed by atoms with Crippen LogP contribution in [-0.2, 0) is 34.0 Å². The highest BCUT2D eigenvalue weighted by atomic mass is 32.2. The van der Waals surface area contributed by atoms with Gasteiger partial charge in [-0.05, 0) is 54.7 Å². The van der Waals surface area contributed by atoms with Crippen LogP contribution >= 0.6 is 0 Å². The SMILES string of the molecule is CCCCc1nc(C(F)(F)F)ccc1/C=C/C(=O)NCc1cc(C)c(NS(C)(=O)=O)c(F)c1. The molecular weight excluding hydrogens is 462 g/mol. The van der Waals surface area contributed by atoms with Crippen molar-refractivity contribution in [1.82, 2.24) is 10.3 Å². The Hall–Kier alpha value is -2.95. The van der Waals surface area contributed by atoms with Crippen molar-refractivity contribution in [2.75, 3.05) is 11.0 Å². The fourth-order valence-corrected chi connectivity index (χ4v) is 3.64. The largest absolute Gasteiger partial charge is 0.433 e. The number of halogens is 4. The summed E-state index contributed by atoms with van der Waals surface area (Å²) in [6.45, 7) is 3.40. The molecule has 0 aliphatic rings. The molecule has 0 aliphatic heterocycles. The number of aryl methyl sites for hydroxylation is 2. The number of pyridine rings is 1. The third-order valence-corrected chi connectivity index (χ3v) is 5.16. The zero-order valence-corrected chi connectivity index (χ0v) is 19.2. The number of unbranched alkanes of at least 4 members (excludes halogenated alkanes) is 1. The van der Waals surface area contributed by atoms with Gasteiger partial charge in [0, 0.05) is 18.3 Å². The predicted octanol–water partition coefficient (Wildman–Crippen LogP) is 4.59. The Morgan fingerprint density at radius 2 is 1.91 bits per heavy atom. The Kier molecular flexibility index (Phi) is 8.59. The normalized spacial score (nSPS) is 12.2. The number of benzene rings is 1. The molecule has 11 heteroatoms. The molecule has 1 aromatic heterocycles. The zero-order valence-electron chi connectivity index (χ0n) is 18.4. The van der Waals surface area contributed by atoms with Crippen molar-refractivity contribution in [3.8, 4) is 0 Å². The van der Waals surface area contributed by atoms with Crippen molar-refractivity contribution >= 4 is 27.7 Å². The summed E-state index contributed by atoms with van der Waals surface area (Å²) in [4.78, 5) is 15.9. The first-order chi connectivity index (χ1) is 15.3. The number of carbonyl (C=O) groups excluding carboxylic acids is 1. The number of amides is 1. The Balaban J connectivity index is 2.11. The summed E-state index contributed by atoms with van der Waals surface area (Å²) in [5.74, 6) is -1.32. The van der Waals surface area contributed by atoms with Gasteiger partial charge in [-0.15, -0.1) is 0 Å². The average molecular weight is 488 g/mol. The Bertz CT molecular complexity index is 1120. The molecule has 0 spiro atoms. The highest BCUT2D eigenvalue weighted by Crippen LogP contribution is 2.29. The van der Waals surface area contributed by atoms with Gasteiger partial charge in [-0.25, -0.2) is 17.8 Å². The third-order valence-electron chi connectivity index (χ3n) is 4.58. The van der Waals surface area contributed by atoms with Crippen molar-refractivity contribution in [1.29, 1.82) is 0 Å². The number of rotatable bonds is 9. The molecule has 180 valence electrons. The van der Waals surface area contributed by atoms with Crippen LogP contribution in [-0.4, -0.2) is 25.6 Å². The van der Waals surface area contributed by atoms with Gasteiger partial charge in [0.25, 0.3) is 0 Å². The van der Waals surface area contributed by atoms with E-state index in [2.05, 4.69) is 15.0 Å². The van der Waals surface area contributed by atoms with Crippen LogP contribution < -0.4 is 10.0 Å². The number of nitrogens with zero attached hydrogens (tertiary/aromatic N) is 1. The fourth-order valence-electron chi connectivity index (χ4n) is 3.01. The first-order valence-corrected chi connectivity index (χ1v) is 12.0. The summed E-state index contributed by atoms with van der Waals surface area (Å²) in [7, 11) is -3.65. The summed E-state index contributed by atoms with van der Waals surface area (Å²) in [5.41, 5.74) is 0.262. The van der Waals surface area contributed by atoms with E-state index in [4.69, 9.17) is 0 Å². The highest BCUT2D eigenvalue weighted by molar-refractivity contribution is 7.92. The molecule has 0 saturated carbocycles. The molecule has 1 amide bonds. The van der Waals surface area contributed by atoms with Gasteiger partial charge in [-0.3, -0.25) is 9.52 Å². The van der Waals surface area contributed by atoms with Crippen molar-refractivity contribution in [3.05, 3.63) is 64.2 Å². The van der Waals surface area contributed by atoms with Crippen molar-refractivity contribution in [2.24, 2.45) is 0 Å². The lowest BCUT2D eigenvalue weighted by atomic mass is 10.1. The quantitative estimate of drug-likeness (QED) is 0.400. The molecule has 0 saturated heterocycles. The van der Waals surface area contributed by atoms with Gasteiger partial charge >= 0.3 is 6.18 Å². The summed E-state index contributed by atoms with van der Waals surface area (Å²) < 4.78 is 77.9. The van der Waals surface area contributed by atoms with E-state index in [-0.39, 0.29) is 17.9 Å². The molecule has 1 heterocycles. The molecule has 2 aromatic rings. The monoisotopic (exact) mass is 487 g/mol. The molecule has 2 N–H and O–H groups in total. The van der Waals surface area contributed by atoms with Crippen molar-refractivity contribution < 1.29 is 30.8 Å². The van der Waals surface area contributed by atoms with Gasteiger partial charge in [-0.1, -0.05) is 25.5 Å². The minimum atomic E-state index is -4.56. The van der Waals surface area contributed by atoms with Gasteiger partial charge < -0.3 is 5.32 Å². The Morgan fingerprint density at radius 1 is 1.21 bits per heavy atom. The minimum absolute atomic E-state index is 0.0337. The van der Waals surface area contributed by atoms with E-state index in [9.17, 15) is 30.8 Å². The van der Waals surface area contributed by atoms with E-state index in [1.54, 1.807) is 0 Å². The molecule has 0 atom stereocenters. The van der Waals surface area contributed by atoms with E-state index in [0.29, 0.717) is 29.5 Å². The second kappa shape index (κ2) is 10.8. The number of anilines is 1. The van der Waals surface area contributed by atoms with Gasteiger partial charge in [0.05, 0.1) is 11.9 Å². The van der Waals surface area contributed by atoms with Crippen molar-refractivity contribution in [2.45, 2.75) is 45.8 Å².